The number of hydrogen-bond acceptors (Lipinski definition) is 4. The van der Waals surface area contributed by atoms with E-state index in [1.807, 2.05) is 10.9 Å². The molecular weight excluding hydrogens is 204 g/mol. The van der Waals surface area contributed by atoms with Crippen molar-refractivity contribution in [1.82, 2.24) is 20.3 Å². The van der Waals surface area contributed by atoms with Crippen LogP contribution in [-0.2, 0) is 11.3 Å². The van der Waals surface area contributed by atoms with Crippen LogP contribution in [0.3, 0.4) is 0 Å². The molecule has 0 saturated carbocycles. The molecule has 0 aliphatic heterocycles. The highest BCUT2D eigenvalue weighted by molar-refractivity contribution is 4.68. The Kier molecular flexibility index (Phi) is 6.76. The van der Waals surface area contributed by atoms with Crippen molar-refractivity contribution in [2.45, 2.75) is 38.8 Å². The van der Waals surface area contributed by atoms with Gasteiger partial charge in [-0.2, -0.15) is 0 Å². The van der Waals surface area contributed by atoms with Gasteiger partial charge in [-0.1, -0.05) is 25.0 Å². The van der Waals surface area contributed by atoms with Crippen LogP contribution in [0.5, 0.6) is 0 Å². The molecule has 1 N–H and O–H groups in total. The van der Waals surface area contributed by atoms with Crippen molar-refractivity contribution >= 4 is 0 Å². The Balaban J connectivity index is 2.15. The standard InChI is InChI=1S/C11H22N4O/c1-3-4-5-11(10-16-2)12-6-8-15-9-7-13-14-15/h7,9,11-12H,3-6,8,10H2,1-2H3. The number of rotatable bonds is 9. The summed E-state index contributed by atoms with van der Waals surface area (Å²) in [6.45, 7) is 4.74. The maximum absolute atomic E-state index is 5.19. The van der Waals surface area contributed by atoms with Gasteiger partial charge in [-0.05, 0) is 6.42 Å². The first kappa shape index (κ1) is 13.1. The van der Waals surface area contributed by atoms with E-state index in [4.69, 9.17) is 4.74 Å². The zero-order valence-corrected chi connectivity index (χ0v) is 10.2. The fraction of sp³-hybridized carbons (Fsp3) is 0.818. The maximum Gasteiger partial charge on any atom is 0.0692 e. The lowest BCUT2D eigenvalue weighted by Gasteiger charge is -2.17. The molecule has 1 heterocycles. The van der Waals surface area contributed by atoms with Crippen molar-refractivity contribution in [1.29, 1.82) is 0 Å². The monoisotopic (exact) mass is 226 g/mol. The third kappa shape index (κ3) is 5.23. The van der Waals surface area contributed by atoms with E-state index in [-0.39, 0.29) is 0 Å². The van der Waals surface area contributed by atoms with Crippen LogP contribution < -0.4 is 5.32 Å². The normalized spacial score (nSPS) is 12.9. The Morgan fingerprint density at radius 1 is 1.50 bits per heavy atom. The van der Waals surface area contributed by atoms with E-state index in [9.17, 15) is 0 Å². The van der Waals surface area contributed by atoms with Crippen molar-refractivity contribution < 1.29 is 4.74 Å². The number of nitrogens with zero attached hydrogens (tertiary/aromatic N) is 3. The predicted octanol–water partition coefficient (Wildman–Crippen LogP) is 1.07. The second-order valence-electron chi connectivity index (χ2n) is 3.91. The molecule has 92 valence electrons. The summed E-state index contributed by atoms with van der Waals surface area (Å²) in [6, 6.07) is 0.452. The molecule has 16 heavy (non-hydrogen) atoms. The zero-order valence-electron chi connectivity index (χ0n) is 10.2. The van der Waals surface area contributed by atoms with Gasteiger partial charge in [-0.25, -0.2) is 0 Å². The molecule has 0 bridgehead atoms. The Morgan fingerprint density at radius 2 is 2.38 bits per heavy atom. The Morgan fingerprint density at radius 3 is 3.00 bits per heavy atom. The Bertz CT molecular complexity index is 250. The van der Waals surface area contributed by atoms with Gasteiger partial charge in [0.15, 0.2) is 0 Å². The van der Waals surface area contributed by atoms with E-state index in [1.165, 1.54) is 19.3 Å². The van der Waals surface area contributed by atoms with Gasteiger partial charge < -0.3 is 10.1 Å². The van der Waals surface area contributed by atoms with E-state index in [0.29, 0.717) is 6.04 Å². The van der Waals surface area contributed by atoms with Gasteiger partial charge in [0, 0.05) is 25.9 Å². The van der Waals surface area contributed by atoms with Crippen LogP contribution in [0, 0.1) is 0 Å². The van der Waals surface area contributed by atoms with Crippen LogP contribution in [0.15, 0.2) is 12.4 Å². The van der Waals surface area contributed by atoms with Crippen LogP contribution >= 0.6 is 0 Å². The molecule has 1 aromatic rings. The minimum Gasteiger partial charge on any atom is -0.383 e. The minimum absolute atomic E-state index is 0.452. The molecule has 0 spiro atoms. The molecule has 1 rings (SSSR count). The summed E-state index contributed by atoms with van der Waals surface area (Å²) >= 11 is 0. The highest BCUT2D eigenvalue weighted by atomic mass is 16.5. The molecule has 0 fully saturated rings. The van der Waals surface area contributed by atoms with E-state index in [2.05, 4.69) is 22.6 Å². The topological polar surface area (TPSA) is 52.0 Å². The molecule has 0 aliphatic rings. The lowest BCUT2D eigenvalue weighted by atomic mass is 10.1. The molecule has 1 unspecified atom stereocenters. The summed E-state index contributed by atoms with van der Waals surface area (Å²) in [7, 11) is 1.75. The molecule has 1 atom stereocenters. The van der Waals surface area contributed by atoms with E-state index < -0.39 is 0 Å². The van der Waals surface area contributed by atoms with Gasteiger partial charge in [0.25, 0.3) is 0 Å². The SMILES string of the molecule is CCCCC(COC)NCCn1ccnn1. The van der Waals surface area contributed by atoms with Gasteiger partial charge in [-0.3, -0.25) is 4.68 Å². The molecule has 5 nitrogen and oxygen atoms in total. The third-order valence-electron chi connectivity index (χ3n) is 2.52. The van der Waals surface area contributed by atoms with Crippen molar-refractivity contribution in [2.75, 3.05) is 20.3 Å². The highest BCUT2D eigenvalue weighted by Gasteiger charge is 2.06. The summed E-state index contributed by atoms with van der Waals surface area (Å²) in [5, 5.41) is 11.2. The Labute approximate surface area is 97.2 Å². The third-order valence-corrected chi connectivity index (χ3v) is 2.52. The number of nitrogens with one attached hydrogen (secondary N) is 1. The highest BCUT2D eigenvalue weighted by Crippen LogP contribution is 2.00. The van der Waals surface area contributed by atoms with Crippen molar-refractivity contribution in [2.24, 2.45) is 0 Å². The fourth-order valence-electron chi connectivity index (χ4n) is 1.63. The van der Waals surface area contributed by atoms with Crippen molar-refractivity contribution in [3.8, 4) is 0 Å². The minimum atomic E-state index is 0.452. The number of aromatic nitrogens is 3. The Hall–Kier alpha value is -0.940. The zero-order chi connectivity index (χ0) is 11.6. The smallest absolute Gasteiger partial charge is 0.0692 e. The lowest BCUT2D eigenvalue weighted by Crippen LogP contribution is -2.35. The maximum atomic E-state index is 5.19. The molecule has 5 heteroatoms. The fourth-order valence-corrected chi connectivity index (χ4v) is 1.63. The first-order valence-corrected chi connectivity index (χ1v) is 5.93. The molecule has 0 saturated heterocycles. The van der Waals surface area contributed by atoms with Crippen LogP contribution in [-0.4, -0.2) is 41.3 Å². The lowest BCUT2D eigenvalue weighted by molar-refractivity contribution is 0.160. The number of hydrogen-bond donors (Lipinski definition) is 1. The summed E-state index contributed by atoms with van der Waals surface area (Å²) in [4.78, 5) is 0. The van der Waals surface area contributed by atoms with Gasteiger partial charge in [0.05, 0.1) is 19.3 Å². The molecule has 1 aromatic heterocycles. The molecule has 0 radical (unpaired) electrons. The first-order chi connectivity index (χ1) is 7.86. The molecular formula is C11H22N4O. The van der Waals surface area contributed by atoms with Crippen LogP contribution in [0.2, 0.25) is 0 Å². The predicted molar refractivity (Wildman–Crippen MR) is 63.2 cm³/mol. The number of unbranched alkanes of at least 4 members (excludes halogenated alkanes) is 1. The molecule has 0 aliphatic carbocycles. The van der Waals surface area contributed by atoms with Gasteiger partial charge in [-0.15, -0.1) is 5.10 Å². The summed E-state index contributed by atoms with van der Waals surface area (Å²) in [5.74, 6) is 0. The van der Waals surface area contributed by atoms with E-state index >= 15 is 0 Å². The van der Waals surface area contributed by atoms with Crippen LogP contribution in [0.1, 0.15) is 26.2 Å². The quantitative estimate of drug-likeness (QED) is 0.684. The van der Waals surface area contributed by atoms with Crippen LogP contribution in [0.4, 0.5) is 0 Å². The average molecular weight is 226 g/mol. The van der Waals surface area contributed by atoms with Gasteiger partial charge in [0.2, 0.25) is 0 Å². The van der Waals surface area contributed by atoms with Crippen molar-refractivity contribution in [3.05, 3.63) is 12.4 Å². The largest absolute Gasteiger partial charge is 0.383 e. The average Bonchev–Trinajstić information content (AvgIpc) is 2.79. The number of ether oxygens (including phenoxy) is 1. The van der Waals surface area contributed by atoms with Gasteiger partial charge >= 0.3 is 0 Å². The van der Waals surface area contributed by atoms with Crippen LogP contribution in [0.25, 0.3) is 0 Å². The van der Waals surface area contributed by atoms with Gasteiger partial charge in [0.1, 0.15) is 0 Å². The second-order valence-corrected chi connectivity index (χ2v) is 3.91. The van der Waals surface area contributed by atoms with Crippen molar-refractivity contribution in [3.63, 3.8) is 0 Å². The second kappa shape index (κ2) is 8.24. The van der Waals surface area contributed by atoms with E-state index in [0.717, 1.165) is 19.7 Å². The first-order valence-electron chi connectivity index (χ1n) is 5.93. The van der Waals surface area contributed by atoms with E-state index in [1.54, 1.807) is 13.3 Å². The molecule has 0 amide bonds. The summed E-state index contributed by atoms with van der Waals surface area (Å²) in [6.07, 6.45) is 7.21. The number of methoxy groups -OCH3 is 1. The summed E-state index contributed by atoms with van der Waals surface area (Å²) < 4.78 is 7.02. The molecule has 0 aromatic carbocycles. The summed E-state index contributed by atoms with van der Waals surface area (Å²) in [5.41, 5.74) is 0.